The van der Waals surface area contributed by atoms with E-state index >= 15 is 0 Å². The molecule has 0 aromatic heterocycles. The molecule has 0 saturated carbocycles. The third-order valence-electron chi connectivity index (χ3n) is 4.74. The normalized spacial score (nSPS) is 15.8. The van der Waals surface area contributed by atoms with Gasteiger partial charge < -0.3 is 5.32 Å². The van der Waals surface area contributed by atoms with Crippen molar-refractivity contribution >= 4 is 33.3 Å². The molecule has 0 amide bonds. The van der Waals surface area contributed by atoms with E-state index in [0.717, 1.165) is 0 Å². The second kappa shape index (κ2) is 8.24. The second-order valence-corrected chi connectivity index (χ2v) is 8.84. The van der Waals surface area contributed by atoms with Gasteiger partial charge in [0.25, 0.3) is 10.0 Å². The topological polar surface area (TPSA) is 70.6 Å². The molecule has 1 aliphatic heterocycles. The summed E-state index contributed by atoms with van der Waals surface area (Å²) < 4.78 is 70.3. The van der Waals surface area contributed by atoms with Crippen molar-refractivity contribution in [2.24, 2.45) is 4.99 Å². The van der Waals surface area contributed by atoms with Crippen molar-refractivity contribution < 1.29 is 21.6 Å². The SMILES string of the molecule is O=S1(=O)NC(=NCc2ccccc2F)Nc2c1cc(F)c(F)c2Cc1ccccc1Cl. The van der Waals surface area contributed by atoms with E-state index < -0.39 is 32.4 Å². The zero-order valence-corrected chi connectivity index (χ0v) is 17.4. The van der Waals surface area contributed by atoms with Crippen LogP contribution in [-0.4, -0.2) is 14.4 Å². The summed E-state index contributed by atoms with van der Waals surface area (Å²) in [6, 6.07) is 13.1. The molecule has 0 radical (unpaired) electrons. The highest BCUT2D eigenvalue weighted by Crippen LogP contribution is 2.35. The zero-order valence-electron chi connectivity index (χ0n) is 15.8. The van der Waals surface area contributed by atoms with E-state index in [1.54, 1.807) is 30.3 Å². The molecule has 0 aliphatic carbocycles. The number of guanidine groups is 1. The minimum absolute atomic E-state index is 0.148. The molecule has 0 spiro atoms. The minimum Gasteiger partial charge on any atom is -0.324 e. The molecule has 0 bridgehead atoms. The standard InChI is InChI=1S/C21H15ClF3N3O2S/c22-15-7-3-1-5-12(15)9-14-19(25)17(24)10-18-20(14)27-21(28-31(18,29)30)26-11-13-6-2-4-8-16(13)23/h1-8,10H,9,11H2,(H2,26,27,28). The molecule has 31 heavy (non-hydrogen) atoms. The number of nitrogens with zero attached hydrogens (tertiary/aromatic N) is 1. The molecule has 1 heterocycles. The fraction of sp³-hybridized carbons (Fsp3) is 0.0952. The van der Waals surface area contributed by atoms with Crippen LogP contribution >= 0.6 is 11.6 Å². The Labute approximate surface area is 181 Å². The predicted octanol–water partition coefficient (Wildman–Crippen LogP) is 4.61. The van der Waals surface area contributed by atoms with Gasteiger partial charge in [-0.1, -0.05) is 48.0 Å². The Kier molecular flexibility index (Phi) is 5.63. The Morgan fingerprint density at radius 3 is 2.32 bits per heavy atom. The van der Waals surface area contributed by atoms with Crippen molar-refractivity contribution in [3.05, 3.63) is 93.8 Å². The summed E-state index contributed by atoms with van der Waals surface area (Å²) in [4.78, 5) is 3.60. The van der Waals surface area contributed by atoms with Crippen molar-refractivity contribution in [2.75, 3.05) is 5.32 Å². The van der Waals surface area contributed by atoms with E-state index in [4.69, 9.17) is 11.6 Å². The molecule has 160 valence electrons. The Morgan fingerprint density at radius 2 is 1.61 bits per heavy atom. The molecule has 0 atom stereocenters. The summed E-state index contributed by atoms with van der Waals surface area (Å²) in [7, 11) is -4.25. The van der Waals surface area contributed by atoms with Crippen LogP contribution in [0.5, 0.6) is 0 Å². The molecule has 10 heteroatoms. The second-order valence-electron chi connectivity index (χ2n) is 6.78. The molecule has 3 aromatic rings. The summed E-state index contributed by atoms with van der Waals surface area (Å²) in [5.41, 5.74) is 0.360. The van der Waals surface area contributed by atoms with E-state index in [9.17, 15) is 21.6 Å². The van der Waals surface area contributed by atoms with Crippen molar-refractivity contribution in [1.82, 2.24) is 4.72 Å². The largest absolute Gasteiger partial charge is 0.324 e. The summed E-state index contributed by atoms with van der Waals surface area (Å²) in [6.45, 7) is -0.170. The quantitative estimate of drug-likeness (QED) is 0.591. The number of benzene rings is 3. The highest BCUT2D eigenvalue weighted by molar-refractivity contribution is 7.90. The van der Waals surface area contributed by atoms with Gasteiger partial charge in [0.1, 0.15) is 10.7 Å². The van der Waals surface area contributed by atoms with Gasteiger partial charge in [0.05, 0.1) is 12.2 Å². The van der Waals surface area contributed by atoms with Crippen LogP contribution in [0.15, 0.2) is 64.5 Å². The Morgan fingerprint density at radius 1 is 0.935 bits per heavy atom. The molecular weight excluding hydrogens is 451 g/mol. The smallest absolute Gasteiger partial charge is 0.266 e. The Balaban J connectivity index is 1.78. The van der Waals surface area contributed by atoms with Crippen LogP contribution in [0.1, 0.15) is 16.7 Å². The highest BCUT2D eigenvalue weighted by atomic mass is 35.5. The summed E-state index contributed by atoms with van der Waals surface area (Å²) >= 11 is 6.14. The first-order valence-electron chi connectivity index (χ1n) is 9.08. The fourth-order valence-electron chi connectivity index (χ4n) is 3.19. The van der Waals surface area contributed by atoms with Gasteiger partial charge in [-0.15, -0.1) is 0 Å². The predicted molar refractivity (Wildman–Crippen MR) is 112 cm³/mol. The molecule has 0 saturated heterocycles. The minimum atomic E-state index is -4.25. The average molecular weight is 466 g/mol. The van der Waals surface area contributed by atoms with Gasteiger partial charge in [0.2, 0.25) is 5.96 Å². The molecular formula is C21H15ClF3N3O2S. The lowest BCUT2D eigenvalue weighted by molar-refractivity contribution is 0.497. The van der Waals surface area contributed by atoms with Crippen LogP contribution in [0.4, 0.5) is 18.9 Å². The van der Waals surface area contributed by atoms with E-state index in [2.05, 4.69) is 15.0 Å². The monoisotopic (exact) mass is 465 g/mol. The maximum Gasteiger partial charge on any atom is 0.266 e. The highest BCUT2D eigenvalue weighted by Gasteiger charge is 2.32. The van der Waals surface area contributed by atoms with Crippen LogP contribution in [0, 0.1) is 17.5 Å². The third-order valence-corrected chi connectivity index (χ3v) is 6.47. The lowest BCUT2D eigenvalue weighted by Gasteiger charge is -2.25. The molecule has 5 nitrogen and oxygen atoms in total. The van der Waals surface area contributed by atoms with Gasteiger partial charge in [-0.05, 0) is 23.8 Å². The summed E-state index contributed by atoms with van der Waals surface area (Å²) in [6.07, 6.45) is -0.158. The van der Waals surface area contributed by atoms with Gasteiger partial charge in [0, 0.05) is 22.6 Å². The summed E-state index contributed by atoms with van der Waals surface area (Å²) in [5, 5.41) is 3.03. The van der Waals surface area contributed by atoms with E-state index in [1.165, 1.54) is 18.2 Å². The maximum absolute atomic E-state index is 14.7. The number of aliphatic imine (C=N–C) groups is 1. The number of anilines is 1. The fourth-order valence-corrected chi connectivity index (χ4v) is 4.57. The number of rotatable bonds is 4. The number of hydrogen-bond donors (Lipinski definition) is 2. The third kappa shape index (κ3) is 4.24. The number of fused-ring (bicyclic) bond motifs is 1. The van der Waals surface area contributed by atoms with Crippen molar-refractivity contribution in [1.29, 1.82) is 0 Å². The van der Waals surface area contributed by atoms with Gasteiger partial charge in [0.15, 0.2) is 11.6 Å². The van der Waals surface area contributed by atoms with E-state index in [-0.39, 0.29) is 35.7 Å². The number of hydrogen-bond acceptors (Lipinski definition) is 3. The Bertz CT molecular complexity index is 1310. The molecule has 2 N–H and O–H groups in total. The molecule has 0 fully saturated rings. The lowest BCUT2D eigenvalue weighted by atomic mass is 10.0. The van der Waals surface area contributed by atoms with Gasteiger partial charge in [-0.2, -0.15) is 0 Å². The first-order chi connectivity index (χ1) is 14.8. The zero-order chi connectivity index (χ0) is 22.2. The molecule has 3 aromatic carbocycles. The van der Waals surface area contributed by atoms with Crippen LogP contribution in [0.3, 0.4) is 0 Å². The number of halogens is 4. The maximum atomic E-state index is 14.7. The lowest BCUT2D eigenvalue weighted by Crippen LogP contribution is -2.41. The van der Waals surface area contributed by atoms with Crippen molar-refractivity contribution in [3.63, 3.8) is 0 Å². The van der Waals surface area contributed by atoms with Gasteiger partial charge in [-0.25, -0.2) is 31.3 Å². The summed E-state index contributed by atoms with van der Waals surface area (Å²) in [5.74, 6) is -3.24. The molecule has 4 rings (SSSR count). The van der Waals surface area contributed by atoms with Gasteiger partial charge >= 0.3 is 0 Å². The first-order valence-corrected chi connectivity index (χ1v) is 10.9. The van der Waals surface area contributed by atoms with Crippen LogP contribution in [0.2, 0.25) is 5.02 Å². The number of nitrogens with one attached hydrogen (secondary N) is 2. The van der Waals surface area contributed by atoms with Crippen LogP contribution < -0.4 is 10.0 Å². The van der Waals surface area contributed by atoms with Crippen LogP contribution in [0.25, 0.3) is 0 Å². The molecule has 1 aliphatic rings. The van der Waals surface area contributed by atoms with Gasteiger partial charge in [-0.3, -0.25) is 0 Å². The van der Waals surface area contributed by atoms with Crippen molar-refractivity contribution in [2.45, 2.75) is 17.9 Å². The first kappa shape index (κ1) is 21.2. The van der Waals surface area contributed by atoms with Crippen LogP contribution in [-0.2, 0) is 23.0 Å². The molecule has 0 unspecified atom stereocenters. The number of sulfonamides is 1. The van der Waals surface area contributed by atoms with E-state index in [0.29, 0.717) is 16.7 Å². The van der Waals surface area contributed by atoms with E-state index in [1.807, 2.05) is 0 Å². The average Bonchev–Trinajstić information content (AvgIpc) is 2.72. The van der Waals surface area contributed by atoms with Crippen molar-refractivity contribution in [3.8, 4) is 0 Å². The Hall–Kier alpha value is -3.04.